The van der Waals surface area contributed by atoms with Crippen LogP contribution in [0.5, 0.6) is 0 Å². The van der Waals surface area contributed by atoms with Crippen LogP contribution in [0.1, 0.15) is 58.8 Å². The highest BCUT2D eigenvalue weighted by Crippen LogP contribution is 2.16. The van der Waals surface area contributed by atoms with Crippen LogP contribution in [0.2, 0.25) is 0 Å². The average molecular weight is 282 g/mol. The van der Waals surface area contributed by atoms with Gasteiger partial charge in [0, 0.05) is 11.6 Å². The van der Waals surface area contributed by atoms with Crippen molar-refractivity contribution in [1.82, 2.24) is 0 Å². The Morgan fingerprint density at radius 1 is 1.45 bits per heavy atom. The second-order valence-corrected chi connectivity index (χ2v) is 4.74. The number of carbonyl (C=O) groups is 2. The van der Waals surface area contributed by atoms with Crippen LogP contribution in [0.15, 0.2) is 24.3 Å². The highest BCUT2D eigenvalue weighted by atomic mass is 16.5. The summed E-state index contributed by atoms with van der Waals surface area (Å²) >= 11 is 0. The molecule has 20 heavy (non-hydrogen) atoms. The Kier molecular flexibility index (Phi) is 10.4. The fourth-order valence-corrected chi connectivity index (χ4v) is 1.66. The van der Waals surface area contributed by atoms with E-state index >= 15 is 0 Å². The molecule has 0 saturated carbocycles. The summed E-state index contributed by atoms with van der Waals surface area (Å²) in [5.74, 6) is -1.06. The molecule has 1 unspecified atom stereocenters. The van der Waals surface area contributed by atoms with Crippen molar-refractivity contribution in [2.75, 3.05) is 0 Å². The third kappa shape index (κ3) is 8.51. The fourth-order valence-electron chi connectivity index (χ4n) is 1.66. The minimum Gasteiger partial charge on any atom is -0.478 e. The minimum atomic E-state index is -0.758. The molecule has 0 heterocycles. The van der Waals surface area contributed by atoms with E-state index < -0.39 is 5.97 Å². The molecule has 0 aromatic rings. The van der Waals surface area contributed by atoms with Crippen LogP contribution in [0.4, 0.5) is 0 Å². The van der Waals surface area contributed by atoms with E-state index in [1.807, 2.05) is 6.92 Å². The van der Waals surface area contributed by atoms with Crippen LogP contribution < -0.4 is 0 Å². The number of ether oxygens (including phenoxy) is 1. The van der Waals surface area contributed by atoms with Gasteiger partial charge in [-0.2, -0.15) is 0 Å². The van der Waals surface area contributed by atoms with Crippen molar-refractivity contribution in [2.45, 2.75) is 64.9 Å². The zero-order valence-corrected chi connectivity index (χ0v) is 12.6. The molecule has 0 spiro atoms. The lowest BCUT2D eigenvalue weighted by molar-refractivity contribution is -0.143. The lowest BCUT2D eigenvalue weighted by atomic mass is 10.00. The third-order valence-corrected chi connectivity index (χ3v) is 3.11. The molecule has 0 aromatic heterocycles. The number of aliphatic carboxylic acids is 1. The van der Waals surface area contributed by atoms with Gasteiger partial charge in [0.1, 0.15) is 6.10 Å². The first-order chi connectivity index (χ1) is 9.54. The number of carboxylic acid groups (broad SMARTS) is 1. The smallest absolute Gasteiger partial charge is 0.331 e. The molecule has 0 saturated heterocycles. The van der Waals surface area contributed by atoms with E-state index in [1.165, 1.54) is 18.9 Å². The number of rotatable bonds is 8. The van der Waals surface area contributed by atoms with Crippen molar-refractivity contribution < 1.29 is 19.4 Å². The maximum Gasteiger partial charge on any atom is 0.331 e. The second-order valence-electron chi connectivity index (χ2n) is 4.74. The van der Waals surface area contributed by atoms with Gasteiger partial charge in [-0.15, -0.1) is 0 Å². The highest BCUT2D eigenvalue weighted by Gasteiger charge is 2.11. The molecule has 0 radical (unpaired) electrons. The number of allylic oxidation sites excluding steroid dienone is 1. The molecule has 0 amide bonds. The summed E-state index contributed by atoms with van der Waals surface area (Å²) in [6, 6.07) is 0. The van der Waals surface area contributed by atoms with E-state index in [2.05, 4.69) is 13.5 Å². The molecule has 4 heteroatoms. The topological polar surface area (TPSA) is 63.6 Å². The molecule has 0 aromatic carbocycles. The zero-order chi connectivity index (χ0) is 15.4. The van der Waals surface area contributed by atoms with Gasteiger partial charge < -0.3 is 9.84 Å². The van der Waals surface area contributed by atoms with Gasteiger partial charge >= 0.3 is 11.9 Å². The van der Waals surface area contributed by atoms with Crippen LogP contribution in [0, 0.1) is 0 Å². The van der Waals surface area contributed by atoms with Crippen molar-refractivity contribution in [3.05, 3.63) is 24.3 Å². The summed E-state index contributed by atoms with van der Waals surface area (Å²) in [6.07, 6.45) is 10.2. The van der Waals surface area contributed by atoms with Crippen molar-refractivity contribution in [3.63, 3.8) is 0 Å². The molecular formula is C16H26O4. The van der Waals surface area contributed by atoms with Crippen molar-refractivity contribution in [2.24, 2.45) is 0 Å². The number of carboxylic acids is 1. The number of hydrogen-bond donors (Lipinski definition) is 1. The Labute approximate surface area is 121 Å². The summed E-state index contributed by atoms with van der Waals surface area (Å²) in [5.41, 5.74) is 0.569. The monoisotopic (exact) mass is 282 g/mol. The zero-order valence-electron chi connectivity index (χ0n) is 12.6. The van der Waals surface area contributed by atoms with Crippen molar-refractivity contribution >= 4 is 11.9 Å². The van der Waals surface area contributed by atoms with Gasteiger partial charge in [-0.1, -0.05) is 39.3 Å². The second kappa shape index (κ2) is 11.3. The van der Waals surface area contributed by atoms with Crippen LogP contribution in [0.3, 0.4) is 0 Å². The molecule has 0 bridgehead atoms. The Hall–Kier alpha value is -1.58. The minimum absolute atomic E-state index is 0.0806. The molecule has 1 rings (SSSR count). The van der Waals surface area contributed by atoms with E-state index in [1.54, 1.807) is 6.08 Å². The highest BCUT2D eigenvalue weighted by molar-refractivity contribution is 5.87. The molecule has 1 aliphatic rings. The number of unbranched alkanes of at least 4 members (excludes halogenated alkanes) is 2. The van der Waals surface area contributed by atoms with Gasteiger partial charge in [-0.3, -0.25) is 0 Å². The number of carbonyl (C=O) groups excluding carboxylic acids is 1. The maximum atomic E-state index is 10.9. The van der Waals surface area contributed by atoms with Crippen LogP contribution in [-0.4, -0.2) is 23.1 Å². The largest absolute Gasteiger partial charge is 0.478 e. The molecule has 1 aliphatic carbocycles. The van der Waals surface area contributed by atoms with E-state index in [-0.39, 0.29) is 12.1 Å². The molecule has 114 valence electrons. The van der Waals surface area contributed by atoms with Crippen molar-refractivity contribution in [1.29, 1.82) is 0 Å². The van der Waals surface area contributed by atoms with E-state index in [0.717, 1.165) is 32.1 Å². The fraction of sp³-hybridized carbons (Fsp3) is 0.625. The summed E-state index contributed by atoms with van der Waals surface area (Å²) in [5, 5.41) is 8.16. The Morgan fingerprint density at radius 3 is 2.40 bits per heavy atom. The Balaban J connectivity index is 0.000000428. The molecule has 0 aliphatic heterocycles. The molecule has 1 atom stereocenters. The predicted molar refractivity (Wildman–Crippen MR) is 79.5 cm³/mol. The van der Waals surface area contributed by atoms with Gasteiger partial charge in [0.25, 0.3) is 0 Å². The van der Waals surface area contributed by atoms with Gasteiger partial charge in [-0.25, -0.2) is 9.59 Å². The summed E-state index contributed by atoms with van der Waals surface area (Å²) in [7, 11) is 0. The normalized spacial score (nSPS) is 14.0. The summed E-state index contributed by atoms with van der Waals surface area (Å²) in [4.78, 5) is 20.8. The van der Waals surface area contributed by atoms with E-state index in [0.29, 0.717) is 5.57 Å². The van der Waals surface area contributed by atoms with Crippen LogP contribution in [-0.2, 0) is 14.3 Å². The molecule has 4 nitrogen and oxygen atoms in total. The van der Waals surface area contributed by atoms with Crippen LogP contribution in [0.25, 0.3) is 0 Å². The standard InChI is InChI=1S/C11H20O2.C5H6O2/c1-4-7-8-9-10(5-2)13-11(12)6-3;6-5(7)4-2-1-3-4/h6,10H,3-5,7-9H2,1-2H3;2H,1,3H2,(H,6,7). The van der Waals surface area contributed by atoms with Gasteiger partial charge in [-0.05, 0) is 32.1 Å². The van der Waals surface area contributed by atoms with Crippen LogP contribution >= 0.6 is 0 Å². The first kappa shape index (κ1) is 18.4. The molecule has 0 fully saturated rings. The Morgan fingerprint density at radius 2 is 2.10 bits per heavy atom. The first-order valence-corrected chi connectivity index (χ1v) is 7.30. The van der Waals surface area contributed by atoms with E-state index in [9.17, 15) is 9.59 Å². The number of hydrogen-bond acceptors (Lipinski definition) is 3. The molecule has 1 N–H and O–H groups in total. The van der Waals surface area contributed by atoms with Crippen molar-refractivity contribution in [3.8, 4) is 0 Å². The average Bonchev–Trinajstić information content (AvgIpc) is 2.35. The SMILES string of the molecule is C=CC(=O)OC(CC)CCCCC.O=C(O)C1=CCC1. The summed E-state index contributed by atoms with van der Waals surface area (Å²) in [6.45, 7) is 7.57. The molecular weight excluding hydrogens is 256 g/mol. The van der Waals surface area contributed by atoms with E-state index in [4.69, 9.17) is 9.84 Å². The lowest BCUT2D eigenvalue weighted by Crippen LogP contribution is -2.15. The first-order valence-electron chi connectivity index (χ1n) is 7.30. The third-order valence-electron chi connectivity index (χ3n) is 3.11. The van der Waals surface area contributed by atoms with Gasteiger partial charge in [0.2, 0.25) is 0 Å². The maximum absolute atomic E-state index is 10.9. The Bertz CT molecular complexity index is 344. The predicted octanol–water partition coefficient (Wildman–Crippen LogP) is 3.87. The van der Waals surface area contributed by atoms with Gasteiger partial charge in [0.15, 0.2) is 0 Å². The summed E-state index contributed by atoms with van der Waals surface area (Å²) < 4.78 is 5.14. The lowest BCUT2D eigenvalue weighted by Gasteiger charge is -2.14. The quantitative estimate of drug-likeness (QED) is 0.417. The number of esters is 1. The van der Waals surface area contributed by atoms with Gasteiger partial charge in [0.05, 0.1) is 0 Å².